The van der Waals surface area contributed by atoms with E-state index in [4.69, 9.17) is 4.74 Å². The van der Waals surface area contributed by atoms with Crippen LogP contribution in [0.3, 0.4) is 0 Å². The van der Waals surface area contributed by atoms with Crippen molar-refractivity contribution in [3.63, 3.8) is 0 Å². The van der Waals surface area contributed by atoms with E-state index in [1.807, 2.05) is 0 Å². The van der Waals surface area contributed by atoms with Gasteiger partial charge in [0.05, 0.1) is 12.9 Å². The van der Waals surface area contributed by atoms with Crippen molar-refractivity contribution >= 4 is 0 Å². The highest BCUT2D eigenvalue weighted by Crippen LogP contribution is 2.36. The van der Waals surface area contributed by atoms with Gasteiger partial charge in [0.15, 0.2) is 0 Å². The number of allylic oxidation sites excluding steroid dienone is 1. The average molecular weight is 140 g/mol. The molecule has 0 N–H and O–H groups in total. The summed E-state index contributed by atoms with van der Waals surface area (Å²) in [6.07, 6.45) is 4.11. The largest absolute Gasteiger partial charge is 0.501 e. The van der Waals surface area contributed by atoms with Crippen LogP contribution in [0.5, 0.6) is 0 Å². The number of methoxy groups -OCH3 is 1. The third-order valence-corrected chi connectivity index (χ3v) is 2.20. The fourth-order valence-corrected chi connectivity index (χ4v) is 1.19. The minimum atomic E-state index is 0.553. The molecule has 0 saturated heterocycles. The fraction of sp³-hybridized carbons (Fsp3) is 0.778. The van der Waals surface area contributed by atoms with Crippen LogP contribution in [-0.4, -0.2) is 7.11 Å². The van der Waals surface area contributed by atoms with Gasteiger partial charge in [0.2, 0.25) is 0 Å². The number of hydrogen-bond donors (Lipinski definition) is 0. The van der Waals surface area contributed by atoms with Gasteiger partial charge in [-0.05, 0) is 12.3 Å². The highest BCUT2D eigenvalue weighted by Gasteiger charge is 2.24. The first-order chi connectivity index (χ1) is 4.74. The molecule has 0 spiro atoms. The molecule has 1 fully saturated rings. The molecule has 0 amide bonds. The minimum Gasteiger partial charge on any atom is -0.501 e. The Labute approximate surface area is 63.1 Å². The number of rotatable bonds is 4. The van der Waals surface area contributed by atoms with Crippen molar-refractivity contribution in [2.75, 3.05) is 7.11 Å². The average Bonchev–Trinajstić information content (AvgIpc) is 2.70. The van der Waals surface area contributed by atoms with Crippen LogP contribution in [0.1, 0.15) is 26.2 Å². The predicted octanol–water partition coefficient (Wildman–Crippen LogP) is 2.58. The van der Waals surface area contributed by atoms with E-state index >= 15 is 0 Å². The summed E-state index contributed by atoms with van der Waals surface area (Å²) in [5.74, 6) is 2.46. The molecule has 0 radical (unpaired) electrons. The van der Waals surface area contributed by atoms with Crippen LogP contribution in [0, 0.1) is 11.8 Å². The summed E-state index contributed by atoms with van der Waals surface area (Å²) in [4.78, 5) is 0. The van der Waals surface area contributed by atoms with E-state index in [0.29, 0.717) is 5.92 Å². The summed E-state index contributed by atoms with van der Waals surface area (Å²) in [5.41, 5.74) is 0. The van der Waals surface area contributed by atoms with E-state index in [-0.39, 0.29) is 0 Å². The van der Waals surface area contributed by atoms with Gasteiger partial charge in [-0.15, -0.1) is 0 Å². The topological polar surface area (TPSA) is 9.23 Å². The maximum absolute atomic E-state index is 5.05. The van der Waals surface area contributed by atoms with Crippen LogP contribution in [0.15, 0.2) is 12.3 Å². The second-order valence-electron chi connectivity index (χ2n) is 3.25. The van der Waals surface area contributed by atoms with Gasteiger partial charge < -0.3 is 4.74 Å². The highest BCUT2D eigenvalue weighted by atomic mass is 16.5. The molecule has 0 aromatic heterocycles. The Morgan fingerprint density at radius 2 is 2.30 bits per heavy atom. The summed E-state index contributed by atoms with van der Waals surface area (Å²) < 4.78 is 5.05. The minimum absolute atomic E-state index is 0.553. The quantitative estimate of drug-likeness (QED) is 0.545. The summed E-state index contributed by atoms with van der Waals surface area (Å²) >= 11 is 0. The van der Waals surface area contributed by atoms with Crippen molar-refractivity contribution < 1.29 is 4.74 Å². The van der Waals surface area contributed by atoms with Gasteiger partial charge in [0.25, 0.3) is 0 Å². The molecule has 10 heavy (non-hydrogen) atoms. The van der Waals surface area contributed by atoms with Crippen molar-refractivity contribution in [2.45, 2.75) is 26.2 Å². The molecule has 58 valence electrons. The third-order valence-electron chi connectivity index (χ3n) is 2.20. The first-order valence-corrected chi connectivity index (χ1v) is 3.96. The first kappa shape index (κ1) is 7.64. The lowest BCUT2D eigenvalue weighted by Crippen LogP contribution is -2.00. The maximum Gasteiger partial charge on any atom is 0.0912 e. The Morgan fingerprint density at radius 1 is 1.70 bits per heavy atom. The Hall–Kier alpha value is -0.460. The summed E-state index contributed by atoms with van der Waals surface area (Å²) in [7, 11) is 1.70. The van der Waals surface area contributed by atoms with Gasteiger partial charge >= 0.3 is 0 Å². The molecule has 1 saturated carbocycles. The van der Waals surface area contributed by atoms with Crippen molar-refractivity contribution in [1.82, 2.24) is 0 Å². The zero-order valence-electron chi connectivity index (χ0n) is 6.89. The monoisotopic (exact) mass is 140 g/mol. The smallest absolute Gasteiger partial charge is 0.0912 e. The van der Waals surface area contributed by atoms with E-state index in [0.717, 1.165) is 11.7 Å². The van der Waals surface area contributed by atoms with Crippen LogP contribution in [0.25, 0.3) is 0 Å². The van der Waals surface area contributed by atoms with Crippen LogP contribution in [0.2, 0.25) is 0 Å². The van der Waals surface area contributed by atoms with Crippen LogP contribution in [0.4, 0.5) is 0 Å². The summed E-state index contributed by atoms with van der Waals surface area (Å²) in [5, 5.41) is 0. The van der Waals surface area contributed by atoms with Crippen molar-refractivity contribution in [3.05, 3.63) is 12.3 Å². The third kappa shape index (κ3) is 2.05. The lowest BCUT2D eigenvalue weighted by Gasteiger charge is -2.11. The SMILES string of the molecule is C=C(OC)[C@@H](C)CC1CC1. The van der Waals surface area contributed by atoms with Gasteiger partial charge in [-0.3, -0.25) is 0 Å². The second-order valence-corrected chi connectivity index (χ2v) is 3.25. The molecule has 1 aliphatic carbocycles. The normalized spacial score (nSPS) is 20.2. The lowest BCUT2D eigenvalue weighted by molar-refractivity contribution is 0.241. The van der Waals surface area contributed by atoms with Crippen molar-refractivity contribution in [2.24, 2.45) is 11.8 Å². The molecule has 1 nitrogen and oxygen atoms in total. The van der Waals surface area contributed by atoms with E-state index < -0.39 is 0 Å². The first-order valence-electron chi connectivity index (χ1n) is 3.96. The second kappa shape index (κ2) is 3.09. The molecule has 0 aromatic rings. The van der Waals surface area contributed by atoms with E-state index in [1.54, 1.807) is 7.11 Å². The van der Waals surface area contributed by atoms with Gasteiger partial charge in [-0.25, -0.2) is 0 Å². The van der Waals surface area contributed by atoms with Gasteiger partial charge in [-0.2, -0.15) is 0 Å². The van der Waals surface area contributed by atoms with Crippen LogP contribution >= 0.6 is 0 Å². The van der Waals surface area contributed by atoms with E-state index in [9.17, 15) is 0 Å². The summed E-state index contributed by atoms with van der Waals surface area (Å²) in [6, 6.07) is 0. The Bertz CT molecular complexity index is 125. The molecule has 0 heterocycles. The van der Waals surface area contributed by atoms with E-state index in [1.165, 1.54) is 19.3 Å². The zero-order valence-corrected chi connectivity index (χ0v) is 6.89. The summed E-state index contributed by atoms with van der Waals surface area (Å²) in [6.45, 7) is 6.02. The predicted molar refractivity (Wildman–Crippen MR) is 42.7 cm³/mol. The maximum atomic E-state index is 5.05. The Kier molecular flexibility index (Phi) is 2.36. The molecule has 1 aliphatic rings. The Balaban J connectivity index is 2.18. The zero-order chi connectivity index (χ0) is 7.56. The highest BCUT2D eigenvalue weighted by molar-refractivity contribution is 4.91. The molecule has 1 rings (SSSR count). The van der Waals surface area contributed by atoms with Crippen LogP contribution < -0.4 is 0 Å². The number of ether oxygens (including phenoxy) is 1. The fourth-order valence-electron chi connectivity index (χ4n) is 1.19. The molecular formula is C9H16O. The van der Waals surface area contributed by atoms with E-state index in [2.05, 4.69) is 13.5 Å². The van der Waals surface area contributed by atoms with Crippen molar-refractivity contribution in [1.29, 1.82) is 0 Å². The van der Waals surface area contributed by atoms with Gasteiger partial charge in [0.1, 0.15) is 0 Å². The molecule has 1 atom stereocenters. The van der Waals surface area contributed by atoms with Crippen LogP contribution in [-0.2, 0) is 4.74 Å². The molecule has 1 heteroatoms. The Morgan fingerprint density at radius 3 is 2.70 bits per heavy atom. The number of hydrogen-bond acceptors (Lipinski definition) is 1. The molecule has 0 aromatic carbocycles. The molecule has 0 bridgehead atoms. The van der Waals surface area contributed by atoms with Crippen molar-refractivity contribution in [3.8, 4) is 0 Å². The molecule has 0 aliphatic heterocycles. The van der Waals surface area contributed by atoms with Gasteiger partial charge in [0, 0.05) is 5.92 Å². The van der Waals surface area contributed by atoms with Gasteiger partial charge in [-0.1, -0.05) is 26.3 Å². The molecular weight excluding hydrogens is 124 g/mol. The standard InChI is InChI=1S/C9H16O/c1-7(8(2)10-3)6-9-4-5-9/h7,9H,2,4-6H2,1,3H3/t7-/m0/s1. The lowest BCUT2D eigenvalue weighted by atomic mass is 10.0. The molecule has 0 unspecified atom stereocenters.